The van der Waals surface area contributed by atoms with Crippen molar-refractivity contribution in [2.24, 2.45) is 0 Å². The first-order valence-electron chi connectivity index (χ1n) is 5.31. The molecule has 0 amide bonds. The molecule has 16 heavy (non-hydrogen) atoms. The third-order valence-electron chi connectivity index (χ3n) is 2.38. The van der Waals surface area contributed by atoms with Crippen molar-refractivity contribution < 1.29 is 4.21 Å². The van der Waals surface area contributed by atoms with Crippen molar-refractivity contribution in [1.82, 2.24) is 0 Å². The van der Waals surface area contributed by atoms with E-state index >= 15 is 0 Å². The molecule has 0 N–H and O–H groups in total. The molecule has 2 nitrogen and oxygen atoms in total. The average molecular weight is 235 g/mol. The Morgan fingerprint density at radius 3 is 2.25 bits per heavy atom. The standard InChI is InChI=1S/C13H17NOS/c1-13(2,3)11-5-7-12(8-6-11)16(15)10-4-9-14/h5-8H,4,10H2,1-3H3. The summed E-state index contributed by atoms with van der Waals surface area (Å²) in [5.41, 5.74) is 1.35. The monoisotopic (exact) mass is 235 g/mol. The van der Waals surface area contributed by atoms with Crippen LogP contribution in [-0.4, -0.2) is 9.96 Å². The molecule has 0 radical (unpaired) electrons. The summed E-state index contributed by atoms with van der Waals surface area (Å²) in [5.74, 6) is 0.422. The number of hydrogen-bond acceptors (Lipinski definition) is 2. The van der Waals surface area contributed by atoms with E-state index in [1.165, 1.54) is 5.56 Å². The molecule has 0 fully saturated rings. The second-order valence-corrected chi connectivity index (χ2v) is 6.30. The Kier molecular flexibility index (Phi) is 4.26. The van der Waals surface area contributed by atoms with Gasteiger partial charge in [0.2, 0.25) is 0 Å². The Morgan fingerprint density at radius 1 is 1.25 bits per heavy atom. The molecule has 0 aliphatic rings. The highest BCUT2D eigenvalue weighted by atomic mass is 32.2. The molecule has 1 unspecified atom stereocenters. The normalized spacial score (nSPS) is 13.1. The molecule has 0 aliphatic carbocycles. The molecular formula is C13H17NOS. The molecule has 1 rings (SSSR count). The zero-order chi connectivity index (χ0) is 12.2. The number of benzene rings is 1. The molecule has 3 heteroatoms. The molecule has 1 aromatic carbocycles. The van der Waals surface area contributed by atoms with Crippen LogP contribution in [0, 0.1) is 11.3 Å². The van der Waals surface area contributed by atoms with E-state index in [4.69, 9.17) is 5.26 Å². The van der Waals surface area contributed by atoms with E-state index in [0.29, 0.717) is 12.2 Å². The predicted octanol–water partition coefficient (Wildman–Crippen LogP) is 3.01. The van der Waals surface area contributed by atoms with Crippen molar-refractivity contribution in [3.8, 4) is 6.07 Å². The van der Waals surface area contributed by atoms with E-state index in [1.807, 2.05) is 30.3 Å². The van der Waals surface area contributed by atoms with E-state index < -0.39 is 10.8 Å². The minimum Gasteiger partial charge on any atom is -0.254 e. The Morgan fingerprint density at radius 2 is 1.81 bits per heavy atom. The summed E-state index contributed by atoms with van der Waals surface area (Å²) < 4.78 is 11.7. The van der Waals surface area contributed by atoms with Crippen LogP contribution in [0.25, 0.3) is 0 Å². The summed E-state index contributed by atoms with van der Waals surface area (Å²) in [6, 6.07) is 9.83. The summed E-state index contributed by atoms with van der Waals surface area (Å²) in [4.78, 5) is 0.809. The van der Waals surface area contributed by atoms with Crippen LogP contribution in [0.5, 0.6) is 0 Å². The summed E-state index contributed by atoms with van der Waals surface area (Å²) in [5, 5.41) is 8.43. The third kappa shape index (κ3) is 3.46. The maximum absolute atomic E-state index is 11.7. The van der Waals surface area contributed by atoms with Crippen LogP contribution in [0.1, 0.15) is 32.8 Å². The van der Waals surface area contributed by atoms with Crippen molar-refractivity contribution in [3.05, 3.63) is 29.8 Å². The first-order chi connectivity index (χ1) is 7.45. The van der Waals surface area contributed by atoms with Gasteiger partial charge in [-0.2, -0.15) is 5.26 Å². The lowest BCUT2D eigenvalue weighted by Gasteiger charge is -2.18. The van der Waals surface area contributed by atoms with E-state index in [2.05, 4.69) is 20.8 Å². The Labute approximate surface area is 99.8 Å². The van der Waals surface area contributed by atoms with Crippen molar-refractivity contribution >= 4 is 10.8 Å². The van der Waals surface area contributed by atoms with Gasteiger partial charge in [-0.15, -0.1) is 0 Å². The van der Waals surface area contributed by atoms with Gasteiger partial charge in [0.1, 0.15) is 0 Å². The van der Waals surface area contributed by atoms with Crippen LogP contribution in [0.15, 0.2) is 29.2 Å². The van der Waals surface area contributed by atoms with Gasteiger partial charge >= 0.3 is 0 Å². The Balaban J connectivity index is 2.80. The van der Waals surface area contributed by atoms with E-state index in [9.17, 15) is 4.21 Å². The fraction of sp³-hybridized carbons (Fsp3) is 0.462. The highest BCUT2D eigenvalue weighted by Crippen LogP contribution is 2.23. The second kappa shape index (κ2) is 5.27. The van der Waals surface area contributed by atoms with Gasteiger partial charge in [0.15, 0.2) is 0 Å². The zero-order valence-electron chi connectivity index (χ0n) is 9.99. The third-order valence-corrected chi connectivity index (χ3v) is 3.76. The molecule has 1 atom stereocenters. The Bertz CT molecular complexity index is 409. The van der Waals surface area contributed by atoms with Crippen LogP contribution in [0.2, 0.25) is 0 Å². The van der Waals surface area contributed by atoms with Crippen LogP contribution in [0.3, 0.4) is 0 Å². The molecule has 0 aliphatic heterocycles. The highest BCUT2D eigenvalue weighted by Gasteiger charge is 2.13. The van der Waals surface area contributed by atoms with Crippen molar-refractivity contribution in [3.63, 3.8) is 0 Å². The number of nitrogens with zero attached hydrogens (tertiary/aromatic N) is 1. The first-order valence-corrected chi connectivity index (χ1v) is 6.63. The van der Waals surface area contributed by atoms with Gasteiger partial charge in [0.25, 0.3) is 0 Å². The van der Waals surface area contributed by atoms with Gasteiger partial charge in [-0.25, -0.2) is 0 Å². The number of nitriles is 1. The quantitative estimate of drug-likeness (QED) is 0.808. The SMILES string of the molecule is CC(C)(C)c1ccc(S(=O)CCC#N)cc1. The average Bonchev–Trinajstić information content (AvgIpc) is 2.25. The minimum absolute atomic E-state index is 0.118. The lowest BCUT2D eigenvalue weighted by Crippen LogP contribution is -2.10. The molecule has 0 aromatic heterocycles. The molecule has 0 saturated carbocycles. The number of hydrogen-bond donors (Lipinski definition) is 0. The maximum atomic E-state index is 11.7. The zero-order valence-corrected chi connectivity index (χ0v) is 10.8. The molecule has 1 aromatic rings. The molecule has 0 spiro atoms. The predicted molar refractivity (Wildman–Crippen MR) is 66.6 cm³/mol. The largest absolute Gasteiger partial charge is 0.254 e. The van der Waals surface area contributed by atoms with Crippen molar-refractivity contribution in [2.45, 2.75) is 37.5 Å². The second-order valence-electron chi connectivity index (χ2n) is 4.73. The lowest BCUT2D eigenvalue weighted by atomic mass is 9.87. The van der Waals surface area contributed by atoms with E-state index in [0.717, 1.165) is 4.90 Å². The highest BCUT2D eigenvalue weighted by molar-refractivity contribution is 7.85. The van der Waals surface area contributed by atoms with Gasteiger partial charge in [0, 0.05) is 17.1 Å². The first kappa shape index (κ1) is 12.9. The molecule has 0 saturated heterocycles. The van der Waals surface area contributed by atoms with Crippen LogP contribution in [0.4, 0.5) is 0 Å². The lowest BCUT2D eigenvalue weighted by molar-refractivity contribution is 0.589. The molecule has 0 heterocycles. The van der Waals surface area contributed by atoms with Crippen LogP contribution >= 0.6 is 0 Å². The smallest absolute Gasteiger partial charge is 0.0631 e. The summed E-state index contributed by atoms with van der Waals surface area (Å²) in [6.07, 6.45) is 0.341. The molecule has 0 bridgehead atoms. The summed E-state index contributed by atoms with van der Waals surface area (Å²) in [6.45, 7) is 6.44. The maximum Gasteiger partial charge on any atom is 0.0631 e. The van der Waals surface area contributed by atoms with E-state index in [-0.39, 0.29) is 5.41 Å². The topological polar surface area (TPSA) is 40.9 Å². The van der Waals surface area contributed by atoms with Crippen LogP contribution < -0.4 is 0 Å². The fourth-order valence-electron chi connectivity index (χ4n) is 1.36. The Hall–Kier alpha value is -1.14. The van der Waals surface area contributed by atoms with Crippen LogP contribution in [-0.2, 0) is 16.2 Å². The minimum atomic E-state index is -1.04. The molecular weight excluding hydrogens is 218 g/mol. The van der Waals surface area contributed by atoms with E-state index in [1.54, 1.807) is 0 Å². The summed E-state index contributed by atoms with van der Waals surface area (Å²) >= 11 is 0. The fourth-order valence-corrected chi connectivity index (χ4v) is 2.31. The summed E-state index contributed by atoms with van der Waals surface area (Å²) in [7, 11) is -1.04. The van der Waals surface area contributed by atoms with Gasteiger partial charge in [-0.3, -0.25) is 4.21 Å². The van der Waals surface area contributed by atoms with Gasteiger partial charge in [0.05, 0.1) is 16.9 Å². The van der Waals surface area contributed by atoms with Crippen molar-refractivity contribution in [2.75, 3.05) is 5.75 Å². The van der Waals surface area contributed by atoms with Gasteiger partial charge in [-0.1, -0.05) is 32.9 Å². The number of rotatable bonds is 3. The molecule has 86 valence electrons. The van der Waals surface area contributed by atoms with Gasteiger partial charge < -0.3 is 0 Å². The van der Waals surface area contributed by atoms with Gasteiger partial charge in [-0.05, 0) is 23.1 Å². The van der Waals surface area contributed by atoms with Crippen molar-refractivity contribution in [1.29, 1.82) is 5.26 Å².